The van der Waals surface area contributed by atoms with Crippen LogP contribution in [0.3, 0.4) is 0 Å². The van der Waals surface area contributed by atoms with Crippen molar-refractivity contribution in [3.05, 3.63) is 70.3 Å². The lowest BCUT2D eigenvalue weighted by Gasteiger charge is -2.42. The van der Waals surface area contributed by atoms with Crippen LogP contribution in [0.2, 0.25) is 5.02 Å². The van der Waals surface area contributed by atoms with Crippen molar-refractivity contribution in [3.63, 3.8) is 0 Å². The van der Waals surface area contributed by atoms with Crippen LogP contribution in [0, 0.1) is 11.8 Å². The van der Waals surface area contributed by atoms with E-state index in [9.17, 15) is 9.90 Å². The number of methoxy groups -OCH3 is 1. The Morgan fingerprint density at radius 3 is 2.83 bits per heavy atom. The second-order valence-corrected chi connectivity index (χ2v) is 10.4. The summed E-state index contributed by atoms with van der Waals surface area (Å²) in [6, 6.07) is 11.5. The first kappa shape index (κ1) is 26.6. The van der Waals surface area contributed by atoms with Gasteiger partial charge in [0.1, 0.15) is 12.4 Å². The Bertz CT molecular complexity index is 1070. The molecule has 194 valence electrons. The van der Waals surface area contributed by atoms with Gasteiger partial charge in [-0.2, -0.15) is 0 Å². The highest BCUT2D eigenvalue weighted by atomic mass is 35.5. The smallest absolute Gasteiger partial charge is 0.337 e. The Labute approximate surface area is 220 Å². The molecule has 0 spiro atoms. The number of hydrogen-bond acceptors (Lipinski definition) is 5. The Balaban J connectivity index is 1.60. The highest BCUT2D eigenvalue weighted by molar-refractivity contribution is 6.30. The lowest BCUT2D eigenvalue weighted by Crippen LogP contribution is -2.43. The van der Waals surface area contributed by atoms with Gasteiger partial charge in [-0.25, -0.2) is 4.79 Å². The largest absolute Gasteiger partial charge is 0.487 e. The lowest BCUT2D eigenvalue weighted by molar-refractivity contribution is 0.0461. The van der Waals surface area contributed by atoms with Gasteiger partial charge >= 0.3 is 5.97 Å². The number of rotatable bonds is 7. The fraction of sp³-hybridized carbons (Fsp3) is 0.500. The number of aliphatic hydroxyl groups is 1. The topological polar surface area (TPSA) is 59.0 Å². The van der Waals surface area contributed by atoms with Crippen molar-refractivity contribution in [2.24, 2.45) is 11.8 Å². The highest BCUT2D eigenvalue weighted by Gasteiger charge is 2.36. The zero-order valence-electron chi connectivity index (χ0n) is 21.4. The van der Waals surface area contributed by atoms with Gasteiger partial charge in [-0.15, -0.1) is 0 Å². The van der Waals surface area contributed by atoms with Crippen LogP contribution in [0.4, 0.5) is 5.69 Å². The number of unbranched alkanes of at least 4 members (excludes halogenated alkanes) is 1. The van der Waals surface area contributed by atoms with Crippen molar-refractivity contribution < 1.29 is 19.4 Å². The number of fused-ring (bicyclic) bond motifs is 2. The van der Waals surface area contributed by atoms with Gasteiger partial charge in [0.2, 0.25) is 0 Å². The minimum Gasteiger partial charge on any atom is -0.487 e. The number of carbonyl (C=O) groups is 1. The summed E-state index contributed by atoms with van der Waals surface area (Å²) in [6.45, 7) is 4.26. The molecule has 1 fully saturated rings. The van der Waals surface area contributed by atoms with Crippen molar-refractivity contribution in [3.8, 4) is 5.75 Å². The first-order chi connectivity index (χ1) is 17.5. The molecule has 1 aliphatic heterocycles. The number of hydrogen-bond donors (Lipinski definition) is 1. The minimum absolute atomic E-state index is 0.260. The summed E-state index contributed by atoms with van der Waals surface area (Å²) in [5.41, 5.74) is 3.79. The Kier molecular flexibility index (Phi) is 9.33. The van der Waals surface area contributed by atoms with Crippen molar-refractivity contribution >= 4 is 23.3 Å². The molecule has 1 saturated carbocycles. The van der Waals surface area contributed by atoms with Crippen molar-refractivity contribution in [2.45, 2.75) is 64.6 Å². The van der Waals surface area contributed by atoms with E-state index in [1.165, 1.54) is 12.7 Å². The molecule has 1 aliphatic carbocycles. The summed E-state index contributed by atoms with van der Waals surface area (Å²) in [7, 11) is 1.40. The van der Waals surface area contributed by atoms with Gasteiger partial charge in [0.15, 0.2) is 0 Å². The number of allylic oxidation sites excluding steroid dienone is 1. The third kappa shape index (κ3) is 6.43. The molecule has 4 rings (SSSR count). The number of aryl methyl sites for hydroxylation is 1. The van der Waals surface area contributed by atoms with Crippen LogP contribution < -0.4 is 9.64 Å². The molecule has 0 amide bonds. The van der Waals surface area contributed by atoms with E-state index in [0.717, 1.165) is 80.1 Å². The number of nitrogens with zero attached hydrogens (tertiary/aromatic N) is 1. The van der Waals surface area contributed by atoms with Gasteiger partial charge in [-0.05, 0) is 91.8 Å². The molecule has 0 unspecified atom stereocenters. The summed E-state index contributed by atoms with van der Waals surface area (Å²) in [5.74, 6) is 1.05. The first-order valence-corrected chi connectivity index (χ1v) is 13.6. The maximum Gasteiger partial charge on any atom is 0.337 e. The van der Waals surface area contributed by atoms with Gasteiger partial charge in [0, 0.05) is 18.1 Å². The molecular formula is C30H38ClNO4. The van der Waals surface area contributed by atoms with Crippen LogP contribution in [0.5, 0.6) is 5.75 Å². The van der Waals surface area contributed by atoms with Crippen LogP contribution in [0.25, 0.3) is 0 Å². The van der Waals surface area contributed by atoms with E-state index in [1.54, 1.807) is 6.07 Å². The fourth-order valence-electron chi connectivity index (χ4n) is 5.28. The number of anilines is 1. The Hall–Kier alpha value is -2.50. The van der Waals surface area contributed by atoms with Crippen LogP contribution in [-0.2, 0) is 17.8 Å². The maximum absolute atomic E-state index is 12.4. The SMILES string of the molecule is CCC/C=C/[C@@H](O)[C@@H]1CC[C@H]1CN1CCCCc2cc(Cl)ccc2COc2ccc(C(=O)OC)cc21. The summed E-state index contributed by atoms with van der Waals surface area (Å²) >= 11 is 6.28. The molecule has 0 saturated heterocycles. The molecule has 3 atom stereocenters. The number of esters is 1. The molecule has 36 heavy (non-hydrogen) atoms. The molecule has 1 N–H and O–H groups in total. The van der Waals surface area contributed by atoms with Crippen LogP contribution in [-0.4, -0.2) is 37.4 Å². The molecule has 0 radical (unpaired) electrons. The molecule has 2 aliphatic rings. The molecule has 2 aromatic rings. The molecule has 5 nitrogen and oxygen atoms in total. The lowest BCUT2D eigenvalue weighted by atomic mass is 9.70. The molecule has 6 heteroatoms. The van der Waals surface area contributed by atoms with Crippen LogP contribution in [0.15, 0.2) is 48.6 Å². The first-order valence-electron chi connectivity index (χ1n) is 13.2. The highest BCUT2D eigenvalue weighted by Crippen LogP contribution is 2.40. The van der Waals surface area contributed by atoms with Crippen molar-refractivity contribution in [1.82, 2.24) is 0 Å². The molecule has 1 heterocycles. The zero-order valence-corrected chi connectivity index (χ0v) is 22.2. The van der Waals surface area contributed by atoms with E-state index in [2.05, 4.69) is 17.9 Å². The zero-order chi connectivity index (χ0) is 25.5. The second-order valence-electron chi connectivity index (χ2n) is 9.99. The van der Waals surface area contributed by atoms with Gasteiger partial charge < -0.3 is 19.5 Å². The van der Waals surface area contributed by atoms with Gasteiger partial charge in [0.05, 0.1) is 24.5 Å². The summed E-state index contributed by atoms with van der Waals surface area (Å²) in [6.07, 6.45) is 10.9. The fourth-order valence-corrected chi connectivity index (χ4v) is 5.48. The van der Waals surface area contributed by atoms with E-state index < -0.39 is 6.10 Å². The van der Waals surface area contributed by atoms with E-state index in [1.807, 2.05) is 36.4 Å². The molecule has 2 aromatic carbocycles. The molecule has 0 bridgehead atoms. The predicted molar refractivity (Wildman–Crippen MR) is 145 cm³/mol. The summed E-state index contributed by atoms with van der Waals surface area (Å²) in [4.78, 5) is 14.7. The van der Waals surface area contributed by atoms with E-state index in [-0.39, 0.29) is 11.9 Å². The van der Waals surface area contributed by atoms with E-state index in [4.69, 9.17) is 21.1 Å². The second kappa shape index (κ2) is 12.6. The molecular weight excluding hydrogens is 474 g/mol. The average molecular weight is 512 g/mol. The van der Waals surface area contributed by atoms with Crippen LogP contribution >= 0.6 is 11.6 Å². The Morgan fingerprint density at radius 2 is 2.08 bits per heavy atom. The van der Waals surface area contributed by atoms with Crippen molar-refractivity contribution in [1.29, 1.82) is 0 Å². The number of halogens is 1. The normalized spacial score (nSPS) is 20.9. The monoisotopic (exact) mass is 511 g/mol. The summed E-state index contributed by atoms with van der Waals surface area (Å²) in [5, 5.41) is 11.5. The minimum atomic E-state index is -0.407. The molecule has 0 aromatic heterocycles. The van der Waals surface area contributed by atoms with Crippen LogP contribution in [0.1, 0.15) is 66.9 Å². The summed E-state index contributed by atoms with van der Waals surface area (Å²) < 4.78 is 11.4. The predicted octanol–water partition coefficient (Wildman–Crippen LogP) is 6.59. The third-order valence-corrected chi connectivity index (χ3v) is 7.79. The number of aliphatic hydroxyl groups excluding tert-OH is 1. The Morgan fingerprint density at radius 1 is 1.22 bits per heavy atom. The van der Waals surface area contributed by atoms with Crippen molar-refractivity contribution in [2.75, 3.05) is 25.1 Å². The number of benzene rings is 2. The number of ether oxygens (including phenoxy) is 2. The van der Waals surface area contributed by atoms with Gasteiger partial charge in [-0.1, -0.05) is 43.2 Å². The number of carbonyl (C=O) groups excluding carboxylic acids is 1. The standard InChI is InChI=1S/C30H38ClNO4/c1-3-4-5-9-28(33)26-14-11-23(26)19-32-16-7-6-8-21-17-25(31)13-10-24(21)20-36-29-15-12-22(18-27(29)32)30(34)35-2/h5,9-10,12-13,15,17-18,23,26,28,33H,3-4,6-8,11,14,16,19-20H2,1-2H3/b9-5+/t23-,26+,28+/m0/s1. The quantitative estimate of drug-likeness (QED) is 0.335. The van der Waals surface area contributed by atoms with E-state index >= 15 is 0 Å². The average Bonchev–Trinajstić information content (AvgIpc) is 2.89. The van der Waals surface area contributed by atoms with E-state index in [0.29, 0.717) is 18.1 Å². The van der Waals surface area contributed by atoms with Gasteiger partial charge in [-0.3, -0.25) is 0 Å². The van der Waals surface area contributed by atoms with Gasteiger partial charge in [0.25, 0.3) is 0 Å². The maximum atomic E-state index is 12.4. The third-order valence-electron chi connectivity index (χ3n) is 7.55.